The van der Waals surface area contributed by atoms with Crippen LogP contribution in [-0.4, -0.2) is 69.5 Å². The van der Waals surface area contributed by atoms with Gasteiger partial charge in [-0.3, -0.25) is 14.4 Å². The number of hydrogen-bond donors (Lipinski definition) is 3. The number of nitrogens with zero attached hydrogens (tertiary/aromatic N) is 1. The van der Waals surface area contributed by atoms with Gasteiger partial charge in [0.2, 0.25) is 17.7 Å². The highest BCUT2D eigenvalue weighted by Gasteiger charge is 2.75. The van der Waals surface area contributed by atoms with Gasteiger partial charge in [0.05, 0.1) is 16.6 Å². The third-order valence-electron chi connectivity index (χ3n) is 7.01. The molecular formula is C22H37N3O4S. The van der Waals surface area contributed by atoms with E-state index >= 15 is 0 Å². The van der Waals surface area contributed by atoms with E-state index < -0.39 is 16.7 Å². The number of amides is 3. The Morgan fingerprint density at radius 1 is 1.30 bits per heavy atom. The number of carbonyl (C=O) groups excluding carboxylic acids is 3. The predicted molar refractivity (Wildman–Crippen MR) is 118 cm³/mol. The summed E-state index contributed by atoms with van der Waals surface area (Å²) in [5, 5.41) is 15.6. The van der Waals surface area contributed by atoms with Crippen molar-refractivity contribution in [1.29, 1.82) is 0 Å². The van der Waals surface area contributed by atoms with Crippen molar-refractivity contribution in [3.05, 3.63) is 0 Å². The Bertz CT molecular complexity index is 675. The van der Waals surface area contributed by atoms with Crippen LogP contribution < -0.4 is 10.6 Å². The molecule has 0 aromatic heterocycles. The first-order valence-corrected chi connectivity index (χ1v) is 12.4. The topological polar surface area (TPSA) is 98.7 Å². The molecule has 4 unspecified atom stereocenters. The third-order valence-corrected chi connectivity index (χ3v) is 9.09. The fourth-order valence-electron chi connectivity index (χ4n) is 5.79. The van der Waals surface area contributed by atoms with E-state index in [1.807, 2.05) is 13.8 Å². The van der Waals surface area contributed by atoms with E-state index in [1.54, 1.807) is 16.7 Å². The van der Waals surface area contributed by atoms with Gasteiger partial charge in [-0.1, -0.05) is 27.2 Å². The first kappa shape index (κ1) is 23.4. The summed E-state index contributed by atoms with van der Waals surface area (Å²) in [6.07, 6.45) is 3.98. The average molecular weight is 440 g/mol. The molecule has 3 fully saturated rings. The molecule has 7 atom stereocenters. The maximum absolute atomic E-state index is 13.6. The van der Waals surface area contributed by atoms with E-state index in [-0.39, 0.29) is 47.5 Å². The molecule has 0 saturated carbocycles. The average Bonchev–Trinajstić information content (AvgIpc) is 3.28. The van der Waals surface area contributed by atoms with Crippen molar-refractivity contribution in [1.82, 2.24) is 15.5 Å². The summed E-state index contributed by atoms with van der Waals surface area (Å²) in [6, 6.07) is -0.551. The van der Waals surface area contributed by atoms with Crippen LogP contribution in [0.25, 0.3) is 0 Å². The highest BCUT2D eigenvalue weighted by atomic mass is 32.2. The number of hydrogen-bond acceptors (Lipinski definition) is 5. The van der Waals surface area contributed by atoms with Gasteiger partial charge < -0.3 is 20.6 Å². The lowest BCUT2D eigenvalue weighted by Crippen LogP contribution is -2.57. The van der Waals surface area contributed by atoms with Gasteiger partial charge >= 0.3 is 0 Å². The number of aliphatic hydroxyl groups is 1. The van der Waals surface area contributed by atoms with Crippen LogP contribution in [0.3, 0.4) is 0 Å². The molecule has 3 amide bonds. The molecule has 3 aliphatic rings. The van der Waals surface area contributed by atoms with Crippen LogP contribution in [0.5, 0.6) is 0 Å². The smallest absolute Gasteiger partial charge is 0.244 e. The number of rotatable bonds is 10. The van der Waals surface area contributed by atoms with Crippen molar-refractivity contribution in [2.75, 3.05) is 19.7 Å². The second-order valence-electron chi connectivity index (χ2n) is 9.15. The lowest BCUT2D eigenvalue weighted by atomic mass is 9.66. The standard InChI is InChI=1S/C22H37N3O4S/c1-5-8-14(4)24-20(28)18-22-13(3)12-15(30-22)16(19(27)23-9-6-2)17(22)21(29)25(18)10-7-11-26/h13-18,26H,5-12H2,1-4H3,(H,23,27)(H,24,28)/t13?,14?,15-,16+,17-,18?,22?/m0/s1. The Labute approximate surface area is 184 Å². The monoisotopic (exact) mass is 439 g/mol. The van der Waals surface area contributed by atoms with Crippen LogP contribution in [0.15, 0.2) is 0 Å². The maximum Gasteiger partial charge on any atom is 0.244 e. The normalized spacial score (nSPS) is 35.4. The van der Waals surface area contributed by atoms with Crippen molar-refractivity contribution in [3.8, 4) is 0 Å². The molecule has 0 radical (unpaired) electrons. The van der Waals surface area contributed by atoms with Gasteiger partial charge in [0.15, 0.2) is 0 Å². The van der Waals surface area contributed by atoms with Crippen molar-refractivity contribution in [3.63, 3.8) is 0 Å². The minimum atomic E-state index is -0.588. The summed E-state index contributed by atoms with van der Waals surface area (Å²) < 4.78 is -0.568. The summed E-state index contributed by atoms with van der Waals surface area (Å²) in [7, 11) is 0. The first-order valence-electron chi connectivity index (χ1n) is 11.5. The molecule has 8 heteroatoms. The van der Waals surface area contributed by atoms with Crippen molar-refractivity contribution in [2.24, 2.45) is 17.8 Å². The lowest BCUT2D eigenvalue weighted by molar-refractivity contribution is -0.140. The van der Waals surface area contributed by atoms with Crippen LogP contribution in [0.2, 0.25) is 0 Å². The highest BCUT2D eigenvalue weighted by Crippen LogP contribution is 2.68. The van der Waals surface area contributed by atoms with Gasteiger partial charge in [-0.15, -0.1) is 11.8 Å². The van der Waals surface area contributed by atoms with E-state index in [4.69, 9.17) is 0 Å². The number of aliphatic hydroxyl groups excluding tert-OH is 1. The lowest BCUT2D eigenvalue weighted by Gasteiger charge is -2.39. The van der Waals surface area contributed by atoms with Gasteiger partial charge in [0.1, 0.15) is 6.04 Å². The minimum Gasteiger partial charge on any atom is -0.396 e. The zero-order valence-corrected chi connectivity index (χ0v) is 19.5. The molecule has 2 bridgehead atoms. The molecule has 0 aliphatic carbocycles. The molecule has 0 aromatic rings. The molecule has 3 aliphatic heterocycles. The van der Waals surface area contributed by atoms with Crippen molar-refractivity contribution < 1.29 is 19.5 Å². The number of carbonyl (C=O) groups is 3. The third kappa shape index (κ3) is 3.74. The fourth-order valence-corrected chi connectivity index (χ4v) is 8.22. The minimum absolute atomic E-state index is 0.0340. The van der Waals surface area contributed by atoms with E-state index in [0.29, 0.717) is 19.5 Å². The number of thioether (sulfide) groups is 1. The summed E-state index contributed by atoms with van der Waals surface area (Å²) >= 11 is 1.70. The van der Waals surface area contributed by atoms with E-state index in [2.05, 4.69) is 24.5 Å². The summed E-state index contributed by atoms with van der Waals surface area (Å²) in [5.41, 5.74) is 0. The van der Waals surface area contributed by atoms with Crippen molar-refractivity contribution >= 4 is 29.5 Å². The largest absolute Gasteiger partial charge is 0.396 e. The van der Waals surface area contributed by atoms with Crippen LogP contribution in [0.4, 0.5) is 0 Å². The van der Waals surface area contributed by atoms with Gasteiger partial charge in [-0.25, -0.2) is 0 Å². The van der Waals surface area contributed by atoms with E-state index in [9.17, 15) is 19.5 Å². The second kappa shape index (κ2) is 9.47. The zero-order chi connectivity index (χ0) is 22.1. The van der Waals surface area contributed by atoms with Crippen LogP contribution in [0.1, 0.15) is 59.8 Å². The van der Waals surface area contributed by atoms with Gasteiger partial charge in [-0.2, -0.15) is 0 Å². The first-order chi connectivity index (χ1) is 14.3. The molecule has 3 N–H and O–H groups in total. The molecule has 3 rings (SSSR count). The van der Waals surface area contributed by atoms with Crippen molar-refractivity contribution in [2.45, 2.75) is 81.9 Å². The molecular weight excluding hydrogens is 402 g/mol. The number of likely N-dealkylation sites (tertiary alicyclic amines) is 1. The molecule has 1 spiro atoms. The SMILES string of the molecule is CCCNC(=O)[C@@H]1[C@@H]2CC(C)C3(S2)C(C(=O)NC(C)CCC)N(CCCO)C(=O)[C@H]13. The number of nitrogens with one attached hydrogen (secondary N) is 2. The predicted octanol–water partition coefficient (Wildman–Crippen LogP) is 1.54. The summed E-state index contributed by atoms with van der Waals surface area (Å²) in [4.78, 5) is 41.8. The molecule has 0 aromatic carbocycles. The Balaban J connectivity index is 1.95. The van der Waals surface area contributed by atoms with Gasteiger partial charge in [0, 0.05) is 31.0 Å². The summed E-state index contributed by atoms with van der Waals surface area (Å²) in [6.45, 7) is 9.12. The van der Waals surface area contributed by atoms with Crippen LogP contribution >= 0.6 is 11.8 Å². The molecule has 3 heterocycles. The molecule has 7 nitrogen and oxygen atoms in total. The zero-order valence-electron chi connectivity index (χ0n) is 18.6. The second-order valence-corrected chi connectivity index (χ2v) is 10.7. The van der Waals surface area contributed by atoms with E-state index in [0.717, 1.165) is 25.7 Å². The maximum atomic E-state index is 13.6. The Morgan fingerprint density at radius 3 is 2.67 bits per heavy atom. The molecule has 3 saturated heterocycles. The number of fused-ring (bicyclic) bond motifs is 1. The summed E-state index contributed by atoms with van der Waals surface area (Å²) in [5.74, 6) is -0.932. The molecule has 30 heavy (non-hydrogen) atoms. The quantitative estimate of drug-likeness (QED) is 0.480. The Morgan fingerprint density at radius 2 is 2.03 bits per heavy atom. The van der Waals surface area contributed by atoms with Gasteiger partial charge in [-0.05, 0) is 38.5 Å². The van der Waals surface area contributed by atoms with Crippen LogP contribution in [0, 0.1) is 17.8 Å². The van der Waals surface area contributed by atoms with E-state index in [1.165, 1.54) is 0 Å². The fraction of sp³-hybridized carbons (Fsp3) is 0.864. The Hall–Kier alpha value is -1.28. The molecule has 170 valence electrons. The Kier molecular flexibility index (Phi) is 7.38. The highest BCUT2D eigenvalue weighted by molar-refractivity contribution is 8.02. The van der Waals surface area contributed by atoms with Gasteiger partial charge in [0.25, 0.3) is 0 Å². The van der Waals surface area contributed by atoms with Crippen LogP contribution in [-0.2, 0) is 14.4 Å².